The quantitative estimate of drug-likeness (QED) is 0.626. The highest BCUT2D eigenvalue weighted by atomic mass is 15.1. The van der Waals surface area contributed by atoms with Crippen molar-refractivity contribution in [3.63, 3.8) is 0 Å². The smallest absolute Gasteiger partial charge is 0.0635 e. The Labute approximate surface area is 88.9 Å². The molecule has 0 radical (unpaired) electrons. The summed E-state index contributed by atoms with van der Waals surface area (Å²) >= 11 is 0. The van der Waals surface area contributed by atoms with E-state index in [-0.39, 0.29) is 0 Å². The van der Waals surface area contributed by atoms with Gasteiger partial charge in [-0.05, 0) is 39.2 Å². The van der Waals surface area contributed by atoms with Gasteiger partial charge in [-0.1, -0.05) is 13.8 Å². The zero-order valence-corrected chi connectivity index (χ0v) is 10.1. The van der Waals surface area contributed by atoms with E-state index in [2.05, 4.69) is 38.7 Å². The van der Waals surface area contributed by atoms with E-state index in [0.29, 0.717) is 12.5 Å². The van der Waals surface area contributed by atoms with E-state index in [4.69, 9.17) is 5.26 Å². The number of rotatable bonds is 7. The molecule has 0 rings (SSSR count). The molecule has 0 fully saturated rings. The van der Waals surface area contributed by atoms with Crippen molar-refractivity contribution in [3.8, 4) is 6.07 Å². The van der Waals surface area contributed by atoms with Gasteiger partial charge in [-0.25, -0.2) is 0 Å². The first-order valence-corrected chi connectivity index (χ1v) is 5.69. The molecule has 0 aliphatic carbocycles. The van der Waals surface area contributed by atoms with E-state index in [1.54, 1.807) is 0 Å². The van der Waals surface area contributed by atoms with Crippen molar-refractivity contribution in [2.75, 3.05) is 13.1 Å². The van der Waals surface area contributed by atoms with Crippen LogP contribution in [-0.2, 0) is 0 Å². The molecule has 0 N–H and O–H groups in total. The van der Waals surface area contributed by atoms with Crippen LogP contribution >= 0.6 is 0 Å². The fourth-order valence-corrected chi connectivity index (χ4v) is 1.52. The van der Waals surface area contributed by atoms with Crippen LogP contribution in [-0.4, -0.2) is 24.0 Å². The van der Waals surface area contributed by atoms with Gasteiger partial charge in [0.2, 0.25) is 0 Å². The standard InChI is InChI=1S/C12H24N2/c1-11(2)7-5-9-14(12(3)4)10-6-8-13/h11-12H,5-7,9-10H2,1-4H3. The van der Waals surface area contributed by atoms with E-state index in [9.17, 15) is 0 Å². The number of hydrogen-bond donors (Lipinski definition) is 0. The molecule has 0 amide bonds. The molecule has 0 atom stereocenters. The Balaban J connectivity index is 3.69. The van der Waals surface area contributed by atoms with Crippen LogP contribution in [0.15, 0.2) is 0 Å². The highest BCUT2D eigenvalue weighted by Gasteiger charge is 2.08. The molecule has 2 nitrogen and oxygen atoms in total. The SMILES string of the molecule is CC(C)CCCN(CCC#N)C(C)C. The first-order chi connectivity index (χ1) is 6.57. The lowest BCUT2D eigenvalue weighted by molar-refractivity contribution is 0.219. The van der Waals surface area contributed by atoms with Crippen LogP contribution in [0, 0.1) is 17.2 Å². The van der Waals surface area contributed by atoms with Crippen molar-refractivity contribution < 1.29 is 0 Å². The lowest BCUT2D eigenvalue weighted by Gasteiger charge is -2.25. The maximum atomic E-state index is 8.53. The van der Waals surface area contributed by atoms with Crippen molar-refractivity contribution in [3.05, 3.63) is 0 Å². The van der Waals surface area contributed by atoms with E-state index < -0.39 is 0 Å². The topological polar surface area (TPSA) is 27.0 Å². The maximum absolute atomic E-state index is 8.53. The number of nitrogens with zero attached hydrogens (tertiary/aromatic N) is 2. The second-order valence-electron chi connectivity index (χ2n) is 4.57. The fraction of sp³-hybridized carbons (Fsp3) is 0.917. The van der Waals surface area contributed by atoms with E-state index >= 15 is 0 Å². The van der Waals surface area contributed by atoms with Gasteiger partial charge in [0.1, 0.15) is 0 Å². The Hall–Kier alpha value is -0.550. The second kappa shape index (κ2) is 7.82. The predicted molar refractivity (Wildman–Crippen MR) is 61.0 cm³/mol. The molecule has 0 saturated carbocycles. The van der Waals surface area contributed by atoms with Gasteiger partial charge in [-0.3, -0.25) is 4.90 Å². The molecule has 82 valence electrons. The average Bonchev–Trinajstić information content (AvgIpc) is 2.09. The van der Waals surface area contributed by atoms with Crippen molar-refractivity contribution in [1.29, 1.82) is 5.26 Å². The zero-order chi connectivity index (χ0) is 11.0. The van der Waals surface area contributed by atoms with E-state index in [0.717, 1.165) is 19.0 Å². The summed E-state index contributed by atoms with van der Waals surface area (Å²) < 4.78 is 0. The van der Waals surface area contributed by atoms with Crippen LogP contribution < -0.4 is 0 Å². The van der Waals surface area contributed by atoms with E-state index in [1.807, 2.05) is 0 Å². The Bertz CT molecular complexity index is 168. The largest absolute Gasteiger partial charge is 0.300 e. The molecule has 0 spiro atoms. The predicted octanol–water partition coefficient (Wildman–Crippen LogP) is 3.05. The molecule has 0 saturated heterocycles. The molecule has 0 aromatic rings. The Kier molecular flexibility index (Phi) is 7.51. The average molecular weight is 196 g/mol. The molecule has 14 heavy (non-hydrogen) atoms. The molecule has 0 aromatic carbocycles. The van der Waals surface area contributed by atoms with Crippen LogP contribution in [0.5, 0.6) is 0 Å². The molecule has 0 bridgehead atoms. The minimum absolute atomic E-state index is 0.565. The summed E-state index contributed by atoms with van der Waals surface area (Å²) in [5.41, 5.74) is 0. The first kappa shape index (κ1) is 13.4. The van der Waals surface area contributed by atoms with Crippen LogP contribution in [0.3, 0.4) is 0 Å². The van der Waals surface area contributed by atoms with Gasteiger partial charge < -0.3 is 0 Å². The highest BCUT2D eigenvalue weighted by Crippen LogP contribution is 2.07. The number of nitriles is 1. The van der Waals surface area contributed by atoms with Crippen molar-refractivity contribution in [2.24, 2.45) is 5.92 Å². The van der Waals surface area contributed by atoms with Crippen LogP contribution in [0.2, 0.25) is 0 Å². The summed E-state index contributed by atoms with van der Waals surface area (Å²) in [6, 6.07) is 2.78. The van der Waals surface area contributed by atoms with Crippen molar-refractivity contribution in [2.45, 2.75) is 53.0 Å². The maximum Gasteiger partial charge on any atom is 0.0635 e. The van der Waals surface area contributed by atoms with Gasteiger partial charge in [0.15, 0.2) is 0 Å². The second-order valence-corrected chi connectivity index (χ2v) is 4.57. The van der Waals surface area contributed by atoms with Gasteiger partial charge >= 0.3 is 0 Å². The number of hydrogen-bond acceptors (Lipinski definition) is 2. The van der Waals surface area contributed by atoms with Gasteiger partial charge in [0.25, 0.3) is 0 Å². The minimum Gasteiger partial charge on any atom is -0.300 e. The van der Waals surface area contributed by atoms with Crippen LogP contribution in [0.25, 0.3) is 0 Å². The lowest BCUT2D eigenvalue weighted by atomic mass is 10.1. The van der Waals surface area contributed by atoms with Gasteiger partial charge in [0.05, 0.1) is 6.07 Å². The zero-order valence-electron chi connectivity index (χ0n) is 10.1. The molecular weight excluding hydrogens is 172 g/mol. The minimum atomic E-state index is 0.565. The Morgan fingerprint density at radius 3 is 2.21 bits per heavy atom. The van der Waals surface area contributed by atoms with Crippen molar-refractivity contribution in [1.82, 2.24) is 4.90 Å². The monoisotopic (exact) mass is 196 g/mol. The molecule has 0 aromatic heterocycles. The van der Waals surface area contributed by atoms with Gasteiger partial charge in [0, 0.05) is 19.0 Å². The Morgan fingerprint density at radius 2 is 1.79 bits per heavy atom. The lowest BCUT2D eigenvalue weighted by Crippen LogP contribution is -2.32. The third-order valence-corrected chi connectivity index (χ3v) is 2.47. The van der Waals surface area contributed by atoms with Gasteiger partial charge in [-0.2, -0.15) is 5.26 Å². The summed E-state index contributed by atoms with van der Waals surface area (Å²) in [4.78, 5) is 2.39. The molecular formula is C12H24N2. The summed E-state index contributed by atoms with van der Waals surface area (Å²) in [6.07, 6.45) is 3.19. The summed E-state index contributed by atoms with van der Waals surface area (Å²) in [5, 5.41) is 8.53. The molecule has 2 heteroatoms. The Morgan fingerprint density at radius 1 is 1.14 bits per heavy atom. The molecule has 0 unspecified atom stereocenters. The van der Waals surface area contributed by atoms with E-state index in [1.165, 1.54) is 12.8 Å². The van der Waals surface area contributed by atoms with Crippen LogP contribution in [0.1, 0.15) is 47.0 Å². The summed E-state index contributed by atoms with van der Waals surface area (Å²) in [7, 11) is 0. The molecule has 0 aliphatic rings. The van der Waals surface area contributed by atoms with Crippen molar-refractivity contribution >= 4 is 0 Å². The van der Waals surface area contributed by atoms with Gasteiger partial charge in [-0.15, -0.1) is 0 Å². The molecule has 0 heterocycles. The normalized spacial score (nSPS) is 11.3. The third-order valence-electron chi connectivity index (χ3n) is 2.47. The fourth-order valence-electron chi connectivity index (χ4n) is 1.52. The molecule has 0 aliphatic heterocycles. The first-order valence-electron chi connectivity index (χ1n) is 5.69. The highest BCUT2D eigenvalue weighted by molar-refractivity contribution is 4.74. The summed E-state index contributed by atoms with van der Waals surface area (Å²) in [6.45, 7) is 11.0. The summed E-state index contributed by atoms with van der Waals surface area (Å²) in [5.74, 6) is 0.792. The van der Waals surface area contributed by atoms with Crippen LogP contribution in [0.4, 0.5) is 0 Å². The third kappa shape index (κ3) is 6.91.